The van der Waals surface area contributed by atoms with E-state index < -0.39 is 0 Å². The molecular formula is C57H34N4S2. The number of nitrogens with zero attached hydrogens (tertiary/aromatic N) is 4. The zero-order valence-electron chi connectivity index (χ0n) is 33.7. The van der Waals surface area contributed by atoms with Crippen LogP contribution in [0.4, 0.5) is 0 Å². The van der Waals surface area contributed by atoms with E-state index in [0.29, 0.717) is 17.5 Å². The second kappa shape index (κ2) is 14.4. The molecule has 0 fully saturated rings. The van der Waals surface area contributed by atoms with Gasteiger partial charge in [0.15, 0.2) is 17.5 Å². The molecule has 13 aromatic rings. The van der Waals surface area contributed by atoms with E-state index in [1.165, 1.54) is 67.7 Å². The van der Waals surface area contributed by atoms with E-state index in [1.807, 2.05) is 59.1 Å². The molecule has 0 atom stereocenters. The monoisotopic (exact) mass is 838 g/mol. The first-order chi connectivity index (χ1) is 31.2. The number of para-hydroxylation sites is 1. The number of aromatic nitrogens is 4. The third kappa shape index (κ3) is 5.91. The molecule has 0 unspecified atom stereocenters. The maximum atomic E-state index is 5.21. The van der Waals surface area contributed by atoms with Gasteiger partial charge in [0.25, 0.3) is 0 Å². The van der Waals surface area contributed by atoms with E-state index in [1.54, 1.807) is 0 Å². The Morgan fingerprint density at radius 2 is 0.889 bits per heavy atom. The Morgan fingerprint density at radius 3 is 1.65 bits per heavy atom. The largest absolute Gasteiger partial charge is 0.309 e. The van der Waals surface area contributed by atoms with Gasteiger partial charge in [0.2, 0.25) is 0 Å². The maximum Gasteiger partial charge on any atom is 0.164 e. The van der Waals surface area contributed by atoms with Crippen molar-refractivity contribution >= 4 is 84.8 Å². The minimum atomic E-state index is 0.624. The lowest BCUT2D eigenvalue weighted by Gasteiger charge is -2.14. The highest BCUT2D eigenvalue weighted by Crippen LogP contribution is 2.45. The molecule has 0 N–H and O–H groups in total. The van der Waals surface area contributed by atoms with Crippen LogP contribution in [0, 0.1) is 0 Å². The normalized spacial score (nSPS) is 11.8. The molecule has 63 heavy (non-hydrogen) atoms. The Bertz CT molecular complexity index is 3860. The van der Waals surface area contributed by atoms with Gasteiger partial charge in [-0.15, -0.1) is 22.7 Å². The first-order valence-corrected chi connectivity index (χ1v) is 22.7. The zero-order valence-corrected chi connectivity index (χ0v) is 35.4. The molecule has 4 heterocycles. The predicted octanol–water partition coefficient (Wildman–Crippen LogP) is 16.0. The van der Waals surface area contributed by atoms with Crippen molar-refractivity contribution in [2.24, 2.45) is 0 Å². The smallest absolute Gasteiger partial charge is 0.164 e. The average molecular weight is 839 g/mol. The molecule has 0 radical (unpaired) electrons. The highest BCUT2D eigenvalue weighted by molar-refractivity contribution is 7.27. The summed E-state index contributed by atoms with van der Waals surface area (Å²) in [6, 6.07) is 73.8. The fourth-order valence-electron chi connectivity index (χ4n) is 9.37. The standard InChI is InChI=1S/C57H34N4S2/c1-3-15-35(16-4-1)55-58-56(36-17-5-2-6-18-36)60-57(59-55)40-32-38(31-39(33-40)42-24-14-28-51-52(42)46-23-9-12-27-50(46)62-51)37-19-13-20-41(34-37)61-47-25-10-7-22-45(47)53-48(61)30-29-44-43-21-8-11-26-49(43)63-54(44)53/h1-34H. The summed E-state index contributed by atoms with van der Waals surface area (Å²) >= 11 is 3.73. The van der Waals surface area contributed by atoms with Crippen molar-refractivity contribution in [2.45, 2.75) is 0 Å². The molecule has 0 saturated carbocycles. The van der Waals surface area contributed by atoms with Crippen LogP contribution in [-0.2, 0) is 0 Å². The van der Waals surface area contributed by atoms with Crippen molar-refractivity contribution in [2.75, 3.05) is 0 Å². The molecular weight excluding hydrogens is 805 g/mol. The molecule has 294 valence electrons. The molecule has 4 aromatic heterocycles. The van der Waals surface area contributed by atoms with Gasteiger partial charge in [0.05, 0.1) is 11.0 Å². The fourth-order valence-corrected chi connectivity index (χ4v) is 11.8. The van der Waals surface area contributed by atoms with Gasteiger partial charge in [0.1, 0.15) is 0 Å². The van der Waals surface area contributed by atoms with Crippen LogP contribution < -0.4 is 0 Å². The van der Waals surface area contributed by atoms with Crippen LogP contribution in [0.3, 0.4) is 0 Å². The van der Waals surface area contributed by atoms with Crippen molar-refractivity contribution in [3.8, 4) is 62.1 Å². The SMILES string of the molecule is c1ccc(-c2nc(-c3ccccc3)nc(-c3cc(-c4cccc(-n5c6ccccc6c6c7sc8ccccc8c7ccc65)c4)cc(-c4cccc5sc6ccccc6c45)c3)n2)cc1. The predicted molar refractivity (Wildman–Crippen MR) is 267 cm³/mol. The third-order valence-electron chi connectivity index (χ3n) is 12.2. The second-order valence-electron chi connectivity index (χ2n) is 16.0. The van der Waals surface area contributed by atoms with E-state index in [4.69, 9.17) is 15.0 Å². The van der Waals surface area contributed by atoms with E-state index in [-0.39, 0.29) is 0 Å². The molecule has 0 aliphatic rings. The summed E-state index contributed by atoms with van der Waals surface area (Å²) in [6.45, 7) is 0. The van der Waals surface area contributed by atoms with Crippen LogP contribution >= 0.6 is 22.7 Å². The fraction of sp³-hybridized carbons (Fsp3) is 0. The molecule has 0 saturated heterocycles. The van der Waals surface area contributed by atoms with Crippen LogP contribution in [0.1, 0.15) is 0 Å². The maximum absolute atomic E-state index is 5.21. The van der Waals surface area contributed by atoms with Gasteiger partial charge in [-0.05, 0) is 82.9 Å². The van der Waals surface area contributed by atoms with Gasteiger partial charge in [0, 0.05) is 73.5 Å². The molecule has 9 aromatic carbocycles. The van der Waals surface area contributed by atoms with Crippen LogP contribution in [-0.4, -0.2) is 19.5 Å². The summed E-state index contributed by atoms with van der Waals surface area (Å²) in [4.78, 5) is 15.5. The zero-order chi connectivity index (χ0) is 41.4. The molecule has 0 amide bonds. The quantitative estimate of drug-likeness (QED) is 0.168. The molecule has 0 spiro atoms. The Balaban J connectivity index is 1.05. The summed E-state index contributed by atoms with van der Waals surface area (Å²) in [5.41, 5.74) is 10.8. The van der Waals surface area contributed by atoms with Crippen LogP contribution in [0.2, 0.25) is 0 Å². The number of thiophene rings is 2. The van der Waals surface area contributed by atoms with E-state index in [9.17, 15) is 0 Å². The first-order valence-electron chi connectivity index (χ1n) is 21.1. The number of fused-ring (bicyclic) bond motifs is 10. The number of hydrogen-bond donors (Lipinski definition) is 0. The van der Waals surface area contributed by atoms with Crippen LogP contribution in [0.5, 0.6) is 0 Å². The lowest BCUT2D eigenvalue weighted by Crippen LogP contribution is -2.00. The van der Waals surface area contributed by atoms with Crippen molar-refractivity contribution in [1.29, 1.82) is 0 Å². The van der Waals surface area contributed by atoms with Crippen molar-refractivity contribution in [3.05, 3.63) is 206 Å². The molecule has 0 aliphatic carbocycles. The van der Waals surface area contributed by atoms with Gasteiger partial charge in [-0.1, -0.05) is 146 Å². The third-order valence-corrected chi connectivity index (χ3v) is 14.6. The van der Waals surface area contributed by atoms with E-state index in [2.05, 4.69) is 174 Å². The minimum Gasteiger partial charge on any atom is -0.309 e. The van der Waals surface area contributed by atoms with Gasteiger partial charge >= 0.3 is 0 Å². The first kappa shape index (κ1) is 35.9. The molecule has 13 rings (SSSR count). The summed E-state index contributed by atoms with van der Waals surface area (Å²) in [6.07, 6.45) is 0. The van der Waals surface area contributed by atoms with Gasteiger partial charge in [-0.2, -0.15) is 0 Å². The Labute approximate surface area is 370 Å². The molecule has 6 heteroatoms. The summed E-state index contributed by atoms with van der Waals surface area (Å²) in [5.74, 6) is 1.90. The van der Waals surface area contributed by atoms with Gasteiger partial charge in [-0.25, -0.2) is 15.0 Å². The summed E-state index contributed by atoms with van der Waals surface area (Å²) in [7, 11) is 0. The Kier molecular flexibility index (Phi) is 8.22. The van der Waals surface area contributed by atoms with E-state index >= 15 is 0 Å². The summed E-state index contributed by atoms with van der Waals surface area (Å²) < 4.78 is 7.62. The number of rotatable bonds is 6. The molecule has 0 bridgehead atoms. The molecule has 0 aliphatic heterocycles. The lowest BCUT2D eigenvalue weighted by molar-refractivity contribution is 1.07. The van der Waals surface area contributed by atoms with E-state index in [0.717, 1.165) is 39.1 Å². The number of benzene rings is 9. The van der Waals surface area contributed by atoms with Crippen molar-refractivity contribution in [3.63, 3.8) is 0 Å². The van der Waals surface area contributed by atoms with Crippen LogP contribution in [0.15, 0.2) is 206 Å². The van der Waals surface area contributed by atoms with Gasteiger partial charge in [-0.3, -0.25) is 0 Å². The van der Waals surface area contributed by atoms with Crippen molar-refractivity contribution < 1.29 is 0 Å². The lowest BCUT2D eigenvalue weighted by atomic mass is 9.93. The second-order valence-corrected chi connectivity index (χ2v) is 18.1. The average Bonchev–Trinajstić information content (AvgIpc) is 4.04. The van der Waals surface area contributed by atoms with Crippen LogP contribution in [0.25, 0.3) is 124 Å². The minimum absolute atomic E-state index is 0.624. The Morgan fingerprint density at radius 1 is 0.317 bits per heavy atom. The summed E-state index contributed by atoms with van der Waals surface area (Å²) in [5, 5.41) is 7.70. The number of hydrogen-bond acceptors (Lipinski definition) is 5. The van der Waals surface area contributed by atoms with Gasteiger partial charge < -0.3 is 4.57 Å². The topological polar surface area (TPSA) is 43.6 Å². The highest BCUT2D eigenvalue weighted by Gasteiger charge is 2.20. The molecule has 4 nitrogen and oxygen atoms in total. The highest BCUT2D eigenvalue weighted by atomic mass is 32.1. The van der Waals surface area contributed by atoms with Crippen molar-refractivity contribution in [1.82, 2.24) is 19.5 Å². The Hall–Kier alpha value is -7.77.